The molecule has 1 saturated heterocycles. The van der Waals surface area contributed by atoms with E-state index in [9.17, 15) is 4.79 Å². The van der Waals surface area contributed by atoms with E-state index in [4.69, 9.17) is 0 Å². The topological polar surface area (TPSA) is 20.3 Å². The van der Waals surface area contributed by atoms with Gasteiger partial charge in [0.05, 0.1) is 0 Å². The number of rotatable bonds is 3. The van der Waals surface area contributed by atoms with Gasteiger partial charge in [-0.2, -0.15) is 25.3 Å². The first-order valence-electron chi connectivity index (χ1n) is 4.65. The zero-order valence-electron chi connectivity index (χ0n) is 8.10. The van der Waals surface area contributed by atoms with Gasteiger partial charge in [0, 0.05) is 29.5 Å². The molecular formula is C9H17NOS2. The molecule has 1 fully saturated rings. The van der Waals surface area contributed by atoms with Crippen LogP contribution in [0.3, 0.4) is 0 Å². The Morgan fingerprint density at radius 1 is 1.46 bits per heavy atom. The fourth-order valence-corrected chi connectivity index (χ4v) is 2.56. The maximum Gasteiger partial charge on any atom is 0.227 e. The molecule has 0 unspecified atom stereocenters. The van der Waals surface area contributed by atoms with E-state index in [0.717, 1.165) is 12.2 Å². The molecule has 0 aromatic rings. The van der Waals surface area contributed by atoms with Gasteiger partial charge >= 0.3 is 0 Å². The Balaban J connectivity index is 2.74. The molecule has 0 aromatic carbocycles. The number of nitrogens with zero attached hydrogens (tertiary/aromatic N) is 1. The van der Waals surface area contributed by atoms with Gasteiger partial charge in [-0.15, -0.1) is 0 Å². The van der Waals surface area contributed by atoms with Gasteiger partial charge in [-0.3, -0.25) is 4.79 Å². The van der Waals surface area contributed by atoms with Crippen molar-refractivity contribution >= 4 is 31.2 Å². The minimum atomic E-state index is 0.114. The van der Waals surface area contributed by atoms with Crippen LogP contribution in [0.25, 0.3) is 0 Å². The normalized spacial score (nSPS) is 29.0. The van der Waals surface area contributed by atoms with Gasteiger partial charge in [0.25, 0.3) is 0 Å². The van der Waals surface area contributed by atoms with Crippen molar-refractivity contribution in [1.82, 2.24) is 4.90 Å². The highest BCUT2D eigenvalue weighted by molar-refractivity contribution is 7.80. The van der Waals surface area contributed by atoms with Crippen molar-refractivity contribution < 1.29 is 4.79 Å². The van der Waals surface area contributed by atoms with Crippen molar-refractivity contribution in [3.8, 4) is 0 Å². The summed E-state index contributed by atoms with van der Waals surface area (Å²) in [5.41, 5.74) is 0. The molecule has 76 valence electrons. The van der Waals surface area contributed by atoms with Crippen LogP contribution >= 0.6 is 25.3 Å². The lowest BCUT2D eigenvalue weighted by atomic mass is 10.1. The average molecular weight is 219 g/mol. The van der Waals surface area contributed by atoms with Gasteiger partial charge in [0.15, 0.2) is 0 Å². The monoisotopic (exact) mass is 219 g/mol. The molecule has 0 saturated carbocycles. The summed E-state index contributed by atoms with van der Waals surface area (Å²) in [6.45, 7) is 4.10. The Hall–Kier alpha value is 0.170. The lowest BCUT2D eigenvalue weighted by Gasteiger charge is -2.27. The second kappa shape index (κ2) is 4.60. The van der Waals surface area contributed by atoms with Gasteiger partial charge in [0.2, 0.25) is 5.91 Å². The van der Waals surface area contributed by atoms with Gasteiger partial charge in [-0.25, -0.2) is 0 Å². The highest BCUT2D eigenvalue weighted by Crippen LogP contribution is 2.28. The summed E-state index contributed by atoms with van der Waals surface area (Å²) in [5.74, 6) is 1.78. The molecule has 4 heteroatoms. The Bertz CT molecular complexity index is 196. The first-order valence-corrected chi connectivity index (χ1v) is 5.92. The number of amides is 1. The maximum atomic E-state index is 11.8. The lowest BCUT2D eigenvalue weighted by molar-refractivity contribution is -0.132. The van der Waals surface area contributed by atoms with Crippen LogP contribution in [0, 0.1) is 5.92 Å². The smallest absolute Gasteiger partial charge is 0.227 e. The molecule has 0 bridgehead atoms. The summed E-state index contributed by atoms with van der Waals surface area (Å²) in [4.78, 5) is 13.7. The van der Waals surface area contributed by atoms with Crippen molar-refractivity contribution in [3.63, 3.8) is 0 Å². The third-order valence-electron chi connectivity index (χ3n) is 2.54. The highest BCUT2D eigenvalue weighted by atomic mass is 32.1. The van der Waals surface area contributed by atoms with Gasteiger partial charge in [0.1, 0.15) is 0 Å². The predicted octanol–water partition coefficient (Wildman–Crippen LogP) is 1.47. The third-order valence-corrected chi connectivity index (χ3v) is 3.40. The molecule has 0 aliphatic carbocycles. The number of carbonyl (C=O) groups excluding carboxylic acids is 1. The van der Waals surface area contributed by atoms with Crippen molar-refractivity contribution in [2.24, 2.45) is 5.92 Å². The highest BCUT2D eigenvalue weighted by Gasteiger charge is 2.38. The molecule has 0 radical (unpaired) electrons. The number of hydrogen-bond donors (Lipinski definition) is 2. The van der Waals surface area contributed by atoms with Crippen LogP contribution in [-0.4, -0.2) is 34.4 Å². The molecule has 1 aliphatic rings. The molecule has 0 spiro atoms. The van der Waals surface area contributed by atoms with E-state index in [0.29, 0.717) is 11.8 Å². The summed E-state index contributed by atoms with van der Waals surface area (Å²) >= 11 is 8.46. The second-order valence-electron chi connectivity index (χ2n) is 3.79. The van der Waals surface area contributed by atoms with Crippen LogP contribution in [-0.2, 0) is 4.79 Å². The van der Waals surface area contributed by atoms with Crippen molar-refractivity contribution in [2.75, 3.05) is 11.5 Å². The zero-order valence-corrected chi connectivity index (χ0v) is 9.89. The summed E-state index contributed by atoms with van der Waals surface area (Å²) in [6.07, 6.45) is 0.921. The standard InChI is InChI=1S/C9H17NOS2/c1-6(2)10-8(5-13)3-7(4-12)9(10)11/h6-8,12-13H,3-5H2,1-2H3/t7-,8+/m0/s1. The SMILES string of the molecule is CC(C)N1C(=O)[C@H](CS)C[C@@H]1CS. The summed E-state index contributed by atoms with van der Waals surface area (Å²) in [6, 6.07) is 0.600. The molecular weight excluding hydrogens is 202 g/mol. The fourth-order valence-electron chi connectivity index (χ4n) is 1.92. The van der Waals surface area contributed by atoms with E-state index in [1.807, 2.05) is 4.90 Å². The van der Waals surface area contributed by atoms with E-state index < -0.39 is 0 Å². The van der Waals surface area contributed by atoms with E-state index in [-0.39, 0.29) is 17.9 Å². The van der Waals surface area contributed by atoms with E-state index >= 15 is 0 Å². The number of carbonyl (C=O) groups is 1. The second-order valence-corrected chi connectivity index (χ2v) is 4.52. The number of thiol groups is 2. The van der Waals surface area contributed by atoms with Crippen LogP contribution < -0.4 is 0 Å². The van der Waals surface area contributed by atoms with Gasteiger partial charge in [-0.1, -0.05) is 0 Å². The molecule has 2 atom stereocenters. The molecule has 1 aliphatic heterocycles. The van der Waals surface area contributed by atoms with Crippen molar-refractivity contribution in [1.29, 1.82) is 0 Å². The largest absolute Gasteiger partial charge is 0.336 e. The zero-order chi connectivity index (χ0) is 10.0. The molecule has 1 rings (SSSR count). The van der Waals surface area contributed by atoms with Crippen LogP contribution in [0.15, 0.2) is 0 Å². The molecule has 13 heavy (non-hydrogen) atoms. The Labute approximate surface area is 90.9 Å². The first-order chi connectivity index (χ1) is 6.11. The van der Waals surface area contributed by atoms with Crippen LogP contribution in [0.1, 0.15) is 20.3 Å². The molecule has 1 amide bonds. The van der Waals surface area contributed by atoms with Gasteiger partial charge < -0.3 is 4.90 Å². The van der Waals surface area contributed by atoms with E-state index in [1.165, 1.54) is 0 Å². The van der Waals surface area contributed by atoms with E-state index in [2.05, 4.69) is 39.1 Å². The minimum Gasteiger partial charge on any atom is -0.336 e. The Kier molecular flexibility index (Phi) is 3.98. The summed E-state index contributed by atoms with van der Waals surface area (Å²) in [7, 11) is 0. The van der Waals surface area contributed by atoms with E-state index in [1.54, 1.807) is 0 Å². The molecule has 1 heterocycles. The first kappa shape index (κ1) is 11.2. The lowest BCUT2D eigenvalue weighted by Crippen LogP contribution is -2.40. The van der Waals surface area contributed by atoms with Crippen molar-refractivity contribution in [2.45, 2.75) is 32.4 Å². The molecule has 0 aromatic heterocycles. The van der Waals surface area contributed by atoms with Crippen LogP contribution in [0.4, 0.5) is 0 Å². The van der Waals surface area contributed by atoms with Crippen LogP contribution in [0.5, 0.6) is 0 Å². The minimum absolute atomic E-state index is 0.114. The summed E-state index contributed by atoms with van der Waals surface area (Å²) in [5, 5.41) is 0. The Morgan fingerprint density at radius 3 is 2.38 bits per heavy atom. The average Bonchev–Trinajstić information content (AvgIpc) is 2.41. The van der Waals surface area contributed by atoms with Crippen molar-refractivity contribution in [3.05, 3.63) is 0 Å². The quantitative estimate of drug-likeness (QED) is 0.689. The third kappa shape index (κ3) is 2.15. The Morgan fingerprint density at radius 2 is 2.08 bits per heavy atom. The maximum absolute atomic E-state index is 11.8. The molecule has 2 nitrogen and oxygen atoms in total. The predicted molar refractivity (Wildman–Crippen MR) is 61.6 cm³/mol. The summed E-state index contributed by atoms with van der Waals surface area (Å²) < 4.78 is 0. The number of likely N-dealkylation sites (tertiary alicyclic amines) is 1. The van der Waals surface area contributed by atoms with Gasteiger partial charge in [-0.05, 0) is 20.3 Å². The van der Waals surface area contributed by atoms with Crippen LogP contribution in [0.2, 0.25) is 0 Å². The molecule has 0 N–H and O–H groups in total. The number of hydrogen-bond acceptors (Lipinski definition) is 3. The fraction of sp³-hybridized carbons (Fsp3) is 0.889.